The fraction of sp³-hybridized carbons (Fsp3) is 0.300. The monoisotopic (exact) mass is 408 g/mol. The van der Waals surface area contributed by atoms with Gasteiger partial charge in [-0.2, -0.15) is 13.2 Å². The molecular weight excluding hydrogens is 385 g/mol. The van der Waals surface area contributed by atoms with Crippen LogP contribution in [0.3, 0.4) is 0 Å². The predicted octanol–water partition coefficient (Wildman–Crippen LogP) is 2.85. The van der Waals surface area contributed by atoms with Crippen LogP contribution in [0.15, 0.2) is 53.5 Å². The maximum absolute atomic E-state index is 12.2. The van der Waals surface area contributed by atoms with E-state index in [9.17, 15) is 18.0 Å². The molecule has 3 N–H and O–H groups in total. The average Bonchev–Trinajstić information content (AvgIpc) is 2.72. The number of hydrogen-bond donors (Lipinski definition) is 3. The Kier molecular flexibility index (Phi) is 7.88. The lowest BCUT2D eigenvalue weighted by molar-refractivity contribution is -0.153. The number of carbonyl (C=O) groups is 1. The van der Waals surface area contributed by atoms with E-state index in [2.05, 4.69) is 25.7 Å². The summed E-state index contributed by atoms with van der Waals surface area (Å²) in [6.45, 7) is -0.422. The number of benzene rings is 2. The summed E-state index contributed by atoms with van der Waals surface area (Å²) in [5, 5.41) is 8.85. The molecule has 6 nitrogen and oxygen atoms in total. The molecule has 0 saturated carbocycles. The van der Waals surface area contributed by atoms with Gasteiger partial charge in [0.1, 0.15) is 5.75 Å². The Labute approximate surface area is 167 Å². The lowest BCUT2D eigenvalue weighted by Gasteiger charge is -2.13. The number of ether oxygens (including phenoxy) is 1. The summed E-state index contributed by atoms with van der Waals surface area (Å²) in [7, 11) is 3.21. The molecule has 0 heterocycles. The van der Waals surface area contributed by atoms with Crippen LogP contribution in [0.2, 0.25) is 0 Å². The Morgan fingerprint density at radius 2 is 1.69 bits per heavy atom. The predicted molar refractivity (Wildman–Crippen MR) is 105 cm³/mol. The first-order chi connectivity index (χ1) is 13.8. The van der Waals surface area contributed by atoms with Crippen LogP contribution in [-0.2, 0) is 13.1 Å². The second-order valence-electron chi connectivity index (χ2n) is 6.11. The van der Waals surface area contributed by atoms with Crippen LogP contribution in [0.1, 0.15) is 21.5 Å². The van der Waals surface area contributed by atoms with Crippen molar-refractivity contribution >= 4 is 11.9 Å². The Morgan fingerprint density at radius 1 is 1.03 bits per heavy atom. The maximum atomic E-state index is 12.2. The number of rotatable bonds is 7. The molecule has 0 aliphatic rings. The minimum atomic E-state index is -4.36. The van der Waals surface area contributed by atoms with Crippen molar-refractivity contribution < 1.29 is 22.7 Å². The van der Waals surface area contributed by atoms with Gasteiger partial charge in [0.2, 0.25) is 0 Å². The van der Waals surface area contributed by atoms with Crippen LogP contribution in [0, 0.1) is 0 Å². The number of alkyl halides is 3. The summed E-state index contributed by atoms with van der Waals surface area (Å²) in [5.74, 6) is 0.550. The van der Waals surface area contributed by atoms with Crippen molar-refractivity contribution in [1.29, 1.82) is 0 Å². The zero-order valence-electron chi connectivity index (χ0n) is 16.1. The van der Waals surface area contributed by atoms with Gasteiger partial charge >= 0.3 is 6.18 Å². The quantitative estimate of drug-likeness (QED) is 0.487. The topological polar surface area (TPSA) is 74.8 Å². The number of aliphatic imine (C=N–C) groups is 1. The van der Waals surface area contributed by atoms with Crippen LogP contribution < -0.4 is 20.7 Å². The molecule has 0 radical (unpaired) electrons. The molecule has 2 aromatic rings. The summed E-state index contributed by atoms with van der Waals surface area (Å²) in [6.07, 6.45) is -4.36. The molecule has 0 fully saturated rings. The zero-order chi connectivity index (χ0) is 21.3. The molecule has 0 aromatic heterocycles. The largest absolute Gasteiger partial charge is 0.484 e. The highest BCUT2D eigenvalue weighted by atomic mass is 19.4. The van der Waals surface area contributed by atoms with Gasteiger partial charge in [-0.3, -0.25) is 9.79 Å². The van der Waals surface area contributed by atoms with E-state index < -0.39 is 12.8 Å². The molecule has 0 atom stereocenters. The van der Waals surface area contributed by atoms with Crippen molar-refractivity contribution in [2.45, 2.75) is 19.3 Å². The van der Waals surface area contributed by atoms with Crippen LogP contribution in [0.25, 0.3) is 0 Å². The Morgan fingerprint density at radius 3 is 2.28 bits per heavy atom. The van der Waals surface area contributed by atoms with Crippen LogP contribution in [0.5, 0.6) is 5.75 Å². The molecule has 0 spiro atoms. The molecule has 156 valence electrons. The van der Waals surface area contributed by atoms with Crippen molar-refractivity contribution in [3.8, 4) is 5.75 Å². The van der Waals surface area contributed by atoms with Crippen molar-refractivity contribution in [1.82, 2.24) is 16.0 Å². The van der Waals surface area contributed by atoms with Crippen LogP contribution >= 0.6 is 0 Å². The fourth-order valence-electron chi connectivity index (χ4n) is 2.43. The van der Waals surface area contributed by atoms with Gasteiger partial charge in [0.25, 0.3) is 5.91 Å². The van der Waals surface area contributed by atoms with E-state index in [1.165, 1.54) is 12.1 Å². The number of amides is 1. The van der Waals surface area contributed by atoms with E-state index in [0.29, 0.717) is 24.6 Å². The summed E-state index contributed by atoms with van der Waals surface area (Å²) in [5.41, 5.74) is 2.34. The summed E-state index contributed by atoms with van der Waals surface area (Å²) < 4.78 is 41.2. The standard InChI is InChI=1S/C20H23F3N4O2/c1-24-18(28)16-5-3-4-15(10-16)12-27-19(25-2)26-11-14-6-8-17(9-7-14)29-13-20(21,22)23/h3-10H,11-13H2,1-2H3,(H,24,28)(H2,25,26,27). The third-order valence-corrected chi connectivity index (χ3v) is 3.89. The average molecular weight is 408 g/mol. The second-order valence-corrected chi connectivity index (χ2v) is 6.11. The van der Waals surface area contributed by atoms with Gasteiger partial charge in [-0.05, 0) is 35.4 Å². The molecule has 0 aliphatic heterocycles. The minimum Gasteiger partial charge on any atom is -0.484 e. The molecular formula is C20H23F3N4O2. The molecule has 29 heavy (non-hydrogen) atoms. The highest BCUT2D eigenvalue weighted by Crippen LogP contribution is 2.18. The molecule has 0 saturated heterocycles. The lowest BCUT2D eigenvalue weighted by atomic mass is 10.1. The Hall–Kier alpha value is -3.23. The van der Waals surface area contributed by atoms with Gasteiger partial charge in [-0.1, -0.05) is 24.3 Å². The summed E-state index contributed by atoms with van der Waals surface area (Å²) in [6, 6.07) is 13.6. The number of guanidine groups is 1. The van der Waals surface area contributed by atoms with Gasteiger partial charge in [0.05, 0.1) is 0 Å². The zero-order valence-corrected chi connectivity index (χ0v) is 16.1. The van der Waals surface area contributed by atoms with E-state index in [0.717, 1.165) is 11.1 Å². The molecule has 0 bridgehead atoms. The van der Waals surface area contributed by atoms with Gasteiger partial charge in [0.15, 0.2) is 12.6 Å². The van der Waals surface area contributed by atoms with Crippen LogP contribution in [0.4, 0.5) is 13.2 Å². The SMILES string of the molecule is CN=C(NCc1ccc(OCC(F)(F)F)cc1)NCc1cccc(C(=O)NC)c1. The van der Waals surface area contributed by atoms with E-state index in [-0.39, 0.29) is 11.7 Å². The minimum absolute atomic E-state index is 0.156. The Balaban J connectivity index is 1.84. The highest BCUT2D eigenvalue weighted by Gasteiger charge is 2.28. The molecule has 0 unspecified atom stereocenters. The first-order valence-corrected chi connectivity index (χ1v) is 8.85. The van der Waals surface area contributed by atoms with E-state index >= 15 is 0 Å². The van der Waals surface area contributed by atoms with E-state index in [1.54, 1.807) is 44.4 Å². The molecule has 2 aromatic carbocycles. The third kappa shape index (κ3) is 7.73. The van der Waals surface area contributed by atoms with Crippen molar-refractivity contribution in [2.75, 3.05) is 20.7 Å². The van der Waals surface area contributed by atoms with Gasteiger partial charge in [-0.15, -0.1) is 0 Å². The van der Waals surface area contributed by atoms with Crippen molar-refractivity contribution in [3.63, 3.8) is 0 Å². The second kappa shape index (κ2) is 10.4. The molecule has 9 heteroatoms. The first kappa shape index (κ1) is 22.1. The number of hydrogen-bond acceptors (Lipinski definition) is 3. The summed E-state index contributed by atoms with van der Waals surface area (Å²) >= 11 is 0. The first-order valence-electron chi connectivity index (χ1n) is 8.85. The van der Waals surface area contributed by atoms with E-state index in [4.69, 9.17) is 0 Å². The maximum Gasteiger partial charge on any atom is 0.422 e. The number of halogens is 3. The Bertz CT molecular complexity index is 836. The van der Waals surface area contributed by atoms with Gasteiger partial charge < -0.3 is 20.7 Å². The molecule has 0 aliphatic carbocycles. The number of nitrogens with zero attached hydrogens (tertiary/aromatic N) is 1. The lowest BCUT2D eigenvalue weighted by Crippen LogP contribution is -2.36. The number of nitrogens with one attached hydrogen (secondary N) is 3. The normalized spacial score (nSPS) is 11.7. The number of carbonyl (C=O) groups excluding carboxylic acids is 1. The van der Waals surface area contributed by atoms with Gasteiger partial charge in [0, 0.05) is 32.7 Å². The smallest absolute Gasteiger partial charge is 0.422 e. The molecule has 1 amide bonds. The van der Waals surface area contributed by atoms with Crippen LogP contribution in [-0.4, -0.2) is 38.7 Å². The fourth-order valence-corrected chi connectivity index (χ4v) is 2.43. The van der Waals surface area contributed by atoms with Gasteiger partial charge in [-0.25, -0.2) is 0 Å². The third-order valence-electron chi connectivity index (χ3n) is 3.89. The molecule has 2 rings (SSSR count). The highest BCUT2D eigenvalue weighted by molar-refractivity contribution is 5.94. The summed E-state index contributed by atoms with van der Waals surface area (Å²) in [4.78, 5) is 15.8. The van der Waals surface area contributed by atoms with Crippen molar-refractivity contribution in [3.05, 3.63) is 65.2 Å². The van der Waals surface area contributed by atoms with E-state index in [1.807, 2.05) is 6.07 Å². The van der Waals surface area contributed by atoms with Crippen molar-refractivity contribution in [2.24, 2.45) is 4.99 Å².